The van der Waals surface area contributed by atoms with Crippen molar-refractivity contribution in [3.8, 4) is 11.5 Å². The van der Waals surface area contributed by atoms with E-state index in [4.69, 9.17) is 4.74 Å². The van der Waals surface area contributed by atoms with Crippen LogP contribution in [0.5, 0.6) is 11.5 Å². The van der Waals surface area contributed by atoms with Gasteiger partial charge in [-0.1, -0.05) is 30.3 Å². The number of hydrogen-bond acceptors (Lipinski definition) is 4. The van der Waals surface area contributed by atoms with E-state index in [1.807, 2.05) is 18.2 Å². The second kappa shape index (κ2) is 9.42. The molecule has 1 fully saturated rings. The molecule has 0 unspecified atom stereocenters. The molecule has 1 amide bonds. The molecule has 0 spiro atoms. The van der Waals surface area contributed by atoms with Gasteiger partial charge in [-0.2, -0.15) is 0 Å². The number of likely N-dealkylation sites (tertiary alicyclic amines) is 1. The lowest BCUT2D eigenvalue weighted by Crippen LogP contribution is -2.38. The van der Waals surface area contributed by atoms with Gasteiger partial charge in [0, 0.05) is 18.7 Å². The van der Waals surface area contributed by atoms with Gasteiger partial charge >= 0.3 is 0 Å². The van der Waals surface area contributed by atoms with Crippen LogP contribution < -0.4 is 10.1 Å². The molecule has 0 saturated carbocycles. The summed E-state index contributed by atoms with van der Waals surface area (Å²) in [4.78, 5) is 14.6. The monoisotopic (exact) mass is 368 g/mol. The van der Waals surface area contributed by atoms with Crippen LogP contribution in [-0.2, 0) is 17.8 Å². The first-order chi connectivity index (χ1) is 13.1. The van der Waals surface area contributed by atoms with Crippen LogP contribution >= 0.6 is 0 Å². The van der Waals surface area contributed by atoms with Crippen molar-refractivity contribution < 1.29 is 14.6 Å². The number of methoxy groups -OCH3 is 1. The van der Waals surface area contributed by atoms with E-state index < -0.39 is 0 Å². The van der Waals surface area contributed by atoms with Crippen molar-refractivity contribution in [2.24, 2.45) is 5.92 Å². The van der Waals surface area contributed by atoms with Crippen molar-refractivity contribution >= 4 is 5.91 Å². The number of nitrogens with zero attached hydrogens (tertiary/aromatic N) is 1. The van der Waals surface area contributed by atoms with E-state index in [1.165, 1.54) is 5.56 Å². The summed E-state index contributed by atoms with van der Waals surface area (Å²) >= 11 is 0. The molecule has 0 bridgehead atoms. The zero-order valence-electron chi connectivity index (χ0n) is 15.9. The standard InChI is InChI=1S/C22H28N2O3/c1-27-20-8-6-18(7-9-20)16-24-12-10-17(11-13-24)15-23-22(26)14-19-4-2-3-5-21(19)25/h2-9,17,25H,10-16H2,1H3,(H,23,26). The van der Waals surface area contributed by atoms with E-state index in [1.54, 1.807) is 25.3 Å². The van der Waals surface area contributed by atoms with Crippen molar-refractivity contribution in [2.75, 3.05) is 26.7 Å². The fraction of sp³-hybridized carbons (Fsp3) is 0.409. The van der Waals surface area contributed by atoms with Gasteiger partial charge in [-0.15, -0.1) is 0 Å². The third-order valence-corrected chi connectivity index (χ3v) is 5.20. The van der Waals surface area contributed by atoms with Crippen molar-refractivity contribution in [2.45, 2.75) is 25.8 Å². The van der Waals surface area contributed by atoms with E-state index in [-0.39, 0.29) is 18.1 Å². The molecule has 1 heterocycles. The Morgan fingerprint density at radius 2 is 1.85 bits per heavy atom. The van der Waals surface area contributed by atoms with Gasteiger partial charge in [-0.05, 0) is 55.6 Å². The number of para-hydroxylation sites is 1. The third-order valence-electron chi connectivity index (χ3n) is 5.20. The van der Waals surface area contributed by atoms with Crippen LogP contribution in [0.25, 0.3) is 0 Å². The Labute approximate surface area is 161 Å². The Morgan fingerprint density at radius 1 is 1.15 bits per heavy atom. The minimum absolute atomic E-state index is 0.0304. The minimum atomic E-state index is -0.0304. The molecule has 3 rings (SSSR count). The Hall–Kier alpha value is -2.53. The van der Waals surface area contributed by atoms with Crippen LogP contribution in [0.15, 0.2) is 48.5 Å². The molecule has 5 nitrogen and oxygen atoms in total. The largest absolute Gasteiger partial charge is 0.508 e. The molecule has 27 heavy (non-hydrogen) atoms. The second-order valence-electron chi connectivity index (χ2n) is 7.18. The number of aromatic hydroxyl groups is 1. The molecular weight excluding hydrogens is 340 g/mol. The highest BCUT2D eigenvalue weighted by molar-refractivity contribution is 5.79. The molecule has 5 heteroatoms. The van der Waals surface area contributed by atoms with Gasteiger partial charge in [0.2, 0.25) is 5.91 Å². The summed E-state index contributed by atoms with van der Waals surface area (Å²) in [5, 5.41) is 12.8. The van der Waals surface area contributed by atoms with Crippen molar-refractivity contribution in [3.63, 3.8) is 0 Å². The maximum absolute atomic E-state index is 12.1. The quantitative estimate of drug-likeness (QED) is 0.789. The highest BCUT2D eigenvalue weighted by Crippen LogP contribution is 2.20. The lowest BCUT2D eigenvalue weighted by Gasteiger charge is -2.32. The number of rotatable bonds is 7. The number of carbonyl (C=O) groups excluding carboxylic acids is 1. The molecule has 1 aliphatic heterocycles. The lowest BCUT2D eigenvalue weighted by atomic mass is 9.96. The molecule has 144 valence electrons. The van der Waals surface area contributed by atoms with Gasteiger partial charge in [-0.3, -0.25) is 9.69 Å². The summed E-state index contributed by atoms with van der Waals surface area (Å²) < 4.78 is 5.20. The number of piperidine rings is 1. The summed E-state index contributed by atoms with van der Waals surface area (Å²) in [6.07, 6.45) is 2.41. The molecule has 0 atom stereocenters. The number of carbonyl (C=O) groups is 1. The summed E-state index contributed by atoms with van der Waals surface area (Å²) in [6.45, 7) is 3.76. The first-order valence-corrected chi connectivity index (χ1v) is 9.53. The first kappa shape index (κ1) is 19.2. The van der Waals surface area contributed by atoms with Gasteiger partial charge in [0.25, 0.3) is 0 Å². The lowest BCUT2D eigenvalue weighted by molar-refractivity contribution is -0.120. The Kier molecular flexibility index (Phi) is 6.71. The van der Waals surface area contributed by atoms with E-state index in [9.17, 15) is 9.90 Å². The fourth-order valence-corrected chi connectivity index (χ4v) is 3.49. The van der Waals surface area contributed by atoms with Crippen LogP contribution in [-0.4, -0.2) is 42.7 Å². The SMILES string of the molecule is COc1ccc(CN2CCC(CNC(=O)Cc3ccccc3O)CC2)cc1. The molecular formula is C22H28N2O3. The van der Waals surface area contributed by atoms with Crippen LogP contribution in [0.4, 0.5) is 0 Å². The smallest absolute Gasteiger partial charge is 0.224 e. The van der Waals surface area contributed by atoms with Gasteiger partial charge in [0.15, 0.2) is 0 Å². The minimum Gasteiger partial charge on any atom is -0.508 e. The molecule has 2 aromatic rings. The van der Waals surface area contributed by atoms with Gasteiger partial charge in [-0.25, -0.2) is 0 Å². The normalized spacial score (nSPS) is 15.4. The van der Waals surface area contributed by atoms with Crippen LogP contribution in [0, 0.1) is 5.92 Å². The fourth-order valence-electron chi connectivity index (χ4n) is 3.49. The van der Waals surface area contributed by atoms with Crippen LogP contribution in [0.2, 0.25) is 0 Å². The number of hydrogen-bond donors (Lipinski definition) is 2. The molecule has 2 N–H and O–H groups in total. The highest BCUT2D eigenvalue weighted by Gasteiger charge is 2.20. The van der Waals surface area contributed by atoms with E-state index in [2.05, 4.69) is 22.3 Å². The van der Waals surface area contributed by atoms with Crippen LogP contribution in [0.3, 0.4) is 0 Å². The number of nitrogens with one attached hydrogen (secondary N) is 1. The molecule has 0 aromatic heterocycles. The summed E-state index contributed by atoms with van der Waals surface area (Å²) in [5.41, 5.74) is 1.97. The van der Waals surface area contributed by atoms with Crippen molar-refractivity contribution in [1.29, 1.82) is 0 Å². The summed E-state index contributed by atoms with van der Waals surface area (Å²) in [7, 11) is 1.68. The Bertz CT molecular complexity index is 737. The zero-order valence-corrected chi connectivity index (χ0v) is 15.9. The first-order valence-electron chi connectivity index (χ1n) is 9.53. The molecule has 0 radical (unpaired) electrons. The summed E-state index contributed by atoms with van der Waals surface area (Å²) in [6, 6.07) is 15.2. The Morgan fingerprint density at radius 3 is 2.52 bits per heavy atom. The van der Waals surface area contributed by atoms with E-state index in [0.717, 1.165) is 38.2 Å². The van der Waals surface area contributed by atoms with Gasteiger partial charge in [0.05, 0.1) is 13.5 Å². The molecule has 1 aliphatic rings. The van der Waals surface area contributed by atoms with Crippen molar-refractivity contribution in [3.05, 3.63) is 59.7 Å². The third kappa shape index (κ3) is 5.73. The number of ether oxygens (including phenoxy) is 1. The molecule has 1 saturated heterocycles. The topological polar surface area (TPSA) is 61.8 Å². The Balaban J connectivity index is 1.37. The molecule has 0 aliphatic carbocycles. The predicted octanol–water partition coefficient (Wildman–Crippen LogP) is 2.97. The summed E-state index contributed by atoms with van der Waals surface area (Å²) in [5.74, 6) is 1.55. The predicted molar refractivity (Wildman–Crippen MR) is 106 cm³/mol. The van der Waals surface area contributed by atoms with Gasteiger partial charge in [0.1, 0.15) is 11.5 Å². The average molecular weight is 368 g/mol. The number of phenolic OH excluding ortho intramolecular Hbond substituents is 1. The van der Waals surface area contributed by atoms with E-state index >= 15 is 0 Å². The van der Waals surface area contributed by atoms with Crippen LogP contribution in [0.1, 0.15) is 24.0 Å². The molecule has 2 aromatic carbocycles. The maximum Gasteiger partial charge on any atom is 0.224 e. The van der Waals surface area contributed by atoms with Crippen molar-refractivity contribution in [1.82, 2.24) is 10.2 Å². The van der Waals surface area contributed by atoms with E-state index in [0.29, 0.717) is 18.0 Å². The number of benzene rings is 2. The second-order valence-corrected chi connectivity index (χ2v) is 7.18. The number of phenols is 1. The van der Waals surface area contributed by atoms with Gasteiger partial charge < -0.3 is 15.2 Å². The highest BCUT2D eigenvalue weighted by atomic mass is 16.5. The zero-order chi connectivity index (χ0) is 19.1. The number of amides is 1. The average Bonchev–Trinajstić information content (AvgIpc) is 2.70. The maximum atomic E-state index is 12.1.